The predicted molar refractivity (Wildman–Crippen MR) is 256 cm³/mol. The molecule has 4 aliphatic carbocycles. The number of fused-ring (bicyclic) bond motifs is 20. The minimum absolute atomic E-state index is 0.142. The Morgan fingerprint density at radius 3 is 1.35 bits per heavy atom. The van der Waals surface area contributed by atoms with Gasteiger partial charge < -0.3 is 0 Å². The van der Waals surface area contributed by atoms with E-state index in [9.17, 15) is 0 Å². The van der Waals surface area contributed by atoms with E-state index in [1.54, 1.807) is 0 Å². The van der Waals surface area contributed by atoms with Gasteiger partial charge in [-0.3, -0.25) is 0 Å². The first-order valence-corrected chi connectivity index (χ1v) is 22.2. The van der Waals surface area contributed by atoms with Gasteiger partial charge in [0.2, 0.25) is 0 Å². The van der Waals surface area contributed by atoms with Crippen LogP contribution in [0.1, 0.15) is 69.5 Å². The van der Waals surface area contributed by atoms with E-state index in [2.05, 4.69) is 220 Å². The lowest BCUT2D eigenvalue weighted by molar-refractivity contribution is 0.634. The van der Waals surface area contributed by atoms with Gasteiger partial charge in [-0.15, -0.1) is 0 Å². The molecule has 2 heteroatoms. The second-order valence-electron chi connectivity index (χ2n) is 18.3. The van der Waals surface area contributed by atoms with Gasteiger partial charge in [0.1, 0.15) is 0 Å². The van der Waals surface area contributed by atoms with E-state index in [1.165, 1.54) is 89.0 Å². The molecule has 10 aromatic rings. The van der Waals surface area contributed by atoms with Crippen LogP contribution in [0.5, 0.6) is 0 Å². The molecule has 1 heterocycles. The van der Waals surface area contributed by atoms with Crippen LogP contribution in [-0.2, 0) is 16.2 Å². The average molecular weight is 801 g/mol. The zero-order chi connectivity index (χ0) is 41.7. The van der Waals surface area contributed by atoms with Crippen LogP contribution in [0, 0.1) is 0 Å². The summed E-state index contributed by atoms with van der Waals surface area (Å²) in [6.45, 7) is 4.70. The van der Waals surface area contributed by atoms with Crippen LogP contribution in [0.25, 0.3) is 66.9 Å². The quantitative estimate of drug-likeness (QED) is 0.174. The fraction of sp³-hybridized carbons (Fsp3) is 0.0820. The van der Waals surface area contributed by atoms with E-state index in [-0.39, 0.29) is 5.41 Å². The summed E-state index contributed by atoms with van der Waals surface area (Å²) < 4.78 is 0. The lowest BCUT2D eigenvalue weighted by Crippen LogP contribution is -2.44. The number of aromatic nitrogens is 2. The molecule has 0 saturated carbocycles. The van der Waals surface area contributed by atoms with Crippen LogP contribution >= 0.6 is 0 Å². The molecule has 0 N–H and O–H groups in total. The molecule has 14 rings (SSSR count). The van der Waals surface area contributed by atoms with E-state index in [4.69, 9.17) is 9.97 Å². The Morgan fingerprint density at radius 2 is 0.746 bits per heavy atom. The molecule has 0 saturated heterocycles. The van der Waals surface area contributed by atoms with Gasteiger partial charge >= 0.3 is 0 Å². The van der Waals surface area contributed by atoms with Crippen LogP contribution in [-0.4, -0.2) is 9.97 Å². The highest BCUT2D eigenvalue weighted by Crippen LogP contribution is 2.68. The largest absolute Gasteiger partial charge is 0.228 e. The molecular formula is C61H40N2. The summed E-state index contributed by atoms with van der Waals surface area (Å²) in [4.78, 5) is 11.4. The van der Waals surface area contributed by atoms with E-state index in [0.717, 1.165) is 33.5 Å². The molecule has 294 valence electrons. The molecule has 0 fully saturated rings. The van der Waals surface area contributed by atoms with E-state index >= 15 is 0 Å². The minimum Gasteiger partial charge on any atom is -0.228 e. The number of hydrogen-bond acceptors (Lipinski definition) is 2. The first-order chi connectivity index (χ1) is 31.0. The molecule has 2 nitrogen and oxygen atoms in total. The van der Waals surface area contributed by atoms with Crippen LogP contribution in [0.3, 0.4) is 0 Å². The number of hydrogen-bond donors (Lipinski definition) is 0. The Labute approximate surface area is 367 Å². The fourth-order valence-corrected chi connectivity index (χ4v) is 12.8. The van der Waals surface area contributed by atoms with Crippen molar-refractivity contribution in [1.82, 2.24) is 9.97 Å². The van der Waals surface area contributed by atoms with Crippen molar-refractivity contribution in [2.45, 2.75) is 30.1 Å². The van der Waals surface area contributed by atoms with E-state index in [0.29, 0.717) is 0 Å². The van der Waals surface area contributed by atoms with Gasteiger partial charge in [-0.2, -0.15) is 0 Å². The summed E-state index contributed by atoms with van der Waals surface area (Å²) in [5.74, 6) is 0.735. The third-order valence-corrected chi connectivity index (χ3v) is 15.2. The third kappa shape index (κ3) is 4.19. The van der Waals surface area contributed by atoms with Gasteiger partial charge in [0.05, 0.1) is 22.0 Å². The Bertz CT molecular complexity index is 3540. The van der Waals surface area contributed by atoms with Gasteiger partial charge in [0, 0.05) is 21.9 Å². The molecule has 0 amide bonds. The minimum atomic E-state index is -0.661. The molecule has 0 atom stereocenters. The van der Waals surface area contributed by atoms with Crippen LogP contribution in [0.15, 0.2) is 206 Å². The van der Waals surface area contributed by atoms with E-state index < -0.39 is 10.8 Å². The second-order valence-corrected chi connectivity index (χ2v) is 18.3. The smallest absolute Gasteiger partial charge is 0.160 e. The summed E-state index contributed by atoms with van der Waals surface area (Å²) in [7, 11) is 0. The van der Waals surface area contributed by atoms with Crippen molar-refractivity contribution in [3.05, 3.63) is 262 Å². The van der Waals surface area contributed by atoms with Gasteiger partial charge in [-0.25, -0.2) is 9.97 Å². The van der Waals surface area contributed by atoms with Crippen molar-refractivity contribution < 1.29 is 0 Å². The fourth-order valence-electron chi connectivity index (χ4n) is 12.8. The topological polar surface area (TPSA) is 25.8 Å². The highest BCUT2D eigenvalue weighted by Gasteiger charge is 2.59. The first kappa shape index (κ1) is 35.0. The van der Waals surface area contributed by atoms with Crippen LogP contribution in [0.4, 0.5) is 0 Å². The molecule has 0 unspecified atom stereocenters. The highest BCUT2D eigenvalue weighted by atomic mass is 14.9. The van der Waals surface area contributed by atoms with Crippen molar-refractivity contribution >= 4 is 10.9 Å². The van der Waals surface area contributed by atoms with Crippen LogP contribution in [0.2, 0.25) is 0 Å². The molecule has 0 aliphatic heterocycles. The first-order valence-electron chi connectivity index (χ1n) is 22.2. The number of nitrogens with zero attached hydrogens (tertiary/aromatic N) is 2. The summed E-state index contributed by atoms with van der Waals surface area (Å²) >= 11 is 0. The van der Waals surface area contributed by atoms with Gasteiger partial charge in [0.25, 0.3) is 0 Å². The van der Waals surface area contributed by atoms with Crippen molar-refractivity contribution in [2.75, 3.05) is 0 Å². The molecule has 0 radical (unpaired) electrons. The maximum atomic E-state index is 5.79. The molecule has 2 spiro atoms. The maximum Gasteiger partial charge on any atom is 0.160 e. The third-order valence-electron chi connectivity index (χ3n) is 15.2. The molecular weight excluding hydrogens is 761 g/mol. The Balaban J connectivity index is 1.13. The summed E-state index contributed by atoms with van der Waals surface area (Å²) in [5.41, 5.74) is 23.4. The normalized spacial score (nSPS) is 15.5. The Hall–Kier alpha value is -7.68. The number of para-hydroxylation sites is 1. The zero-order valence-corrected chi connectivity index (χ0v) is 35.0. The van der Waals surface area contributed by atoms with Crippen molar-refractivity contribution in [2.24, 2.45) is 0 Å². The standard InChI is InChI=1S/C61H40N2/c1-59(2)46-25-9-3-18-38(46)43-35-34-37(36-54(43)59)57-44-23-8-16-33-55(44)62-58(63-57)45-24-17-32-53-56(45)61(49-28-12-6-21-41(49)42-22-7-13-29-50(42)61)52-31-15-14-30-51(52)60(53)47-26-10-4-19-39(47)40-20-5-11-27-48(40)60/h3-36H,1-2H3. The lowest BCUT2D eigenvalue weighted by atomic mass is 9.51. The molecule has 9 aromatic carbocycles. The van der Waals surface area contributed by atoms with Gasteiger partial charge in [-0.1, -0.05) is 208 Å². The zero-order valence-electron chi connectivity index (χ0n) is 35.0. The monoisotopic (exact) mass is 800 g/mol. The lowest BCUT2D eigenvalue weighted by Gasteiger charge is -2.49. The molecule has 0 bridgehead atoms. The Kier molecular flexibility index (Phi) is 6.80. The summed E-state index contributed by atoms with van der Waals surface area (Å²) in [6.07, 6.45) is 0. The van der Waals surface area contributed by atoms with Crippen molar-refractivity contribution in [3.63, 3.8) is 0 Å². The van der Waals surface area contributed by atoms with Crippen molar-refractivity contribution in [1.29, 1.82) is 0 Å². The average Bonchev–Trinajstić information content (AvgIpc) is 3.90. The van der Waals surface area contributed by atoms with Crippen molar-refractivity contribution in [3.8, 4) is 56.0 Å². The van der Waals surface area contributed by atoms with E-state index in [1.807, 2.05) is 0 Å². The second kappa shape index (κ2) is 12.2. The predicted octanol–water partition coefficient (Wildman–Crippen LogP) is 14.3. The summed E-state index contributed by atoms with van der Waals surface area (Å²) in [5, 5.41) is 1.05. The Morgan fingerprint density at radius 1 is 0.317 bits per heavy atom. The summed E-state index contributed by atoms with van der Waals surface area (Å²) in [6, 6.07) is 77.1. The molecule has 63 heavy (non-hydrogen) atoms. The highest BCUT2D eigenvalue weighted by molar-refractivity contribution is 5.98. The number of benzene rings is 9. The SMILES string of the molecule is CC1(C)c2ccccc2-c2ccc(-c3nc(-c4cccc5c4C4(c6ccccc6-c6ccccc64)c4ccccc4C54c5ccccc5-c5ccccc54)nc4ccccc34)cc21. The van der Waals surface area contributed by atoms with Gasteiger partial charge in [-0.05, 0) is 101 Å². The van der Waals surface area contributed by atoms with Gasteiger partial charge in [0.15, 0.2) is 5.82 Å². The molecule has 1 aromatic heterocycles. The van der Waals surface area contributed by atoms with Crippen LogP contribution < -0.4 is 0 Å². The maximum absolute atomic E-state index is 5.79. The molecule has 4 aliphatic rings. The number of rotatable bonds is 2.